The Bertz CT molecular complexity index is 696. The van der Waals surface area contributed by atoms with Crippen molar-refractivity contribution in [3.05, 3.63) is 59.7 Å². The Morgan fingerprint density at radius 2 is 1.75 bits per heavy atom. The zero-order valence-corrected chi connectivity index (χ0v) is 14.0. The minimum Gasteiger partial charge on any atom is -0.465 e. The quantitative estimate of drug-likeness (QED) is 0.765. The van der Waals surface area contributed by atoms with Gasteiger partial charge < -0.3 is 15.4 Å². The number of carbonyl (C=O) groups excluding carboxylic acids is 2. The Morgan fingerprint density at radius 1 is 1.04 bits per heavy atom. The van der Waals surface area contributed by atoms with E-state index in [0.29, 0.717) is 24.2 Å². The number of para-hydroxylation sites is 1. The van der Waals surface area contributed by atoms with E-state index < -0.39 is 5.97 Å². The third kappa shape index (κ3) is 4.84. The lowest BCUT2D eigenvalue weighted by Crippen LogP contribution is -2.17. The number of hydrogen-bond donors (Lipinski definition) is 2. The van der Waals surface area contributed by atoms with Gasteiger partial charge in [-0.05, 0) is 36.2 Å². The van der Waals surface area contributed by atoms with Crippen molar-refractivity contribution in [3.63, 3.8) is 0 Å². The van der Waals surface area contributed by atoms with Gasteiger partial charge in [0.2, 0.25) is 5.91 Å². The highest BCUT2D eigenvalue weighted by Gasteiger charge is 2.11. The number of rotatable bonds is 7. The van der Waals surface area contributed by atoms with E-state index in [9.17, 15) is 9.59 Å². The molecule has 2 aromatic carbocycles. The average Bonchev–Trinajstić information content (AvgIpc) is 2.62. The first kappa shape index (κ1) is 17.5. The number of esters is 1. The molecule has 0 aliphatic rings. The molecule has 126 valence electrons. The normalized spacial score (nSPS) is 10.1. The summed E-state index contributed by atoms with van der Waals surface area (Å²) in [7, 11) is 1.34. The highest BCUT2D eigenvalue weighted by molar-refractivity contribution is 5.95. The topological polar surface area (TPSA) is 67.4 Å². The lowest BCUT2D eigenvalue weighted by atomic mass is 10.1. The molecule has 0 aromatic heterocycles. The number of aryl methyl sites for hydroxylation is 1. The van der Waals surface area contributed by atoms with Crippen LogP contribution in [0.4, 0.5) is 11.4 Å². The van der Waals surface area contributed by atoms with Gasteiger partial charge in [0.1, 0.15) is 0 Å². The number of anilines is 2. The monoisotopic (exact) mass is 326 g/mol. The predicted octanol–water partition coefficient (Wildman–Crippen LogP) is 3.48. The number of methoxy groups -OCH3 is 1. The molecular weight excluding hydrogens is 304 g/mol. The van der Waals surface area contributed by atoms with Crippen LogP contribution >= 0.6 is 0 Å². The number of amides is 1. The van der Waals surface area contributed by atoms with Crippen LogP contribution in [0.3, 0.4) is 0 Å². The Labute approximate surface area is 142 Å². The Balaban J connectivity index is 1.85. The molecular formula is C19H22N2O3. The van der Waals surface area contributed by atoms with Crippen LogP contribution in [0.2, 0.25) is 0 Å². The van der Waals surface area contributed by atoms with Crippen molar-refractivity contribution in [2.45, 2.75) is 19.8 Å². The van der Waals surface area contributed by atoms with Gasteiger partial charge in [0, 0.05) is 24.3 Å². The molecule has 0 heterocycles. The molecule has 1 amide bonds. The van der Waals surface area contributed by atoms with Crippen molar-refractivity contribution in [3.8, 4) is 0 Å². The van der Waals surface area contributed by atoms with Crippen molar-refractivity contribution in [1.82, 2.24) is 0 Å². The lowest BCUT2D eigenvalue weighted by Gasteiger charge is -2.11. The van der Waals surface area contributed by atoms with Crippen LogP contribution in [0.25, 0.3) is 0 Å². The molecule has 2 aromatic rings. The molecule has 5 nitrogen and oxygen atoms in total. The summed E-state index contributed by atoms with van der Waals surface area (Å²) in [6.07, 6.45) is 1.27. The molecule has 0 aliphatic heterocycles. The molecule has 0 atom stereocenters. The zero-order valence-electron chi connectivity index (χ0n) is 14.0. The predicted molar refractivity (Wildman–Crippen MR) is 95.3 cm³/mol. The van der Waals surface area contributed by atoms with Gasteiger partial charge in [-0.1, -0.05) is 31.2 Å². The van der Waals surface area contributed by atoms with Crippen molar-refractivity contribution >= 4 is 23.3 Å². The van der Waals surface area contributed by atoms with E-state index >= 15 is 0 Å². The second-order valence-corrected chi connectivity index (χ2v) is 5.31. The van der Waals surface area contributed by atoms with E-state index in [4.69, 9.17) is 4.74 Å². The summed E-state index contributed by atoms with van der Waals surface area (Å²) in [5.41, 5.74) is 3.13. The molecule has 24 heavy (non-hydrogen) atoms. The molecule has 2 rings (SSSR count). The van der Waals surface area contributed by atoms with Gasteiger partial charge in [-0.25, -0.2) is 4.79 Å². The smallest absolute Gasteiger partial charge is 0.339 e. The van der Waals surface area contributed by atoms with E-state index in [0.717, 1.165) is 12.1 Å². The zero-order chi connectivity index (χ0) is 17.4. The Kier molecular flexibility index (Phi) is 6.37. The van der Waals surface area contributed by atoms with Crippen LogP contribution in [-0.2, 0) is 16.0 Å². The summed E-state index contributed by atoms with van der Waals surface area (Å²) < 4.78 is 4.74. The SMILES string of the molecule is CCc1ccc(NC(=O)CCNc2ccccc2C(=O)OC)cc1. The first-order chi connectivity index (χ1) is 11.6. The van der Waals surface area contributed by atoms with Gasteiger partial charge in [0.05, 0.1) is 12.7 Å². The molecule has 0 spiro atoms. The third-order valence-corrected chi connectivity index (χ3v) is 3.65. The molecule has 5 heteroatoms. The number of nitrogens with one attached hydrogen (secondary N) is 2. The standard InChI is InChI=1S/C19H22N2O3/c1-3-14-8-10-15(11-9-14)21-18(22)12-13-20-17-7-5-4-6-16(17)19(23)24-2/h4-11,20H,3,12-13H2,1-2H3,(H,21,22). The maximum absolute atomic E-state index is 12.0. The first-order valence-corrected chi connectivity index (χ1v) is 7.94. The summed E-state index contributed by atoms with van der Waals surface area (Å²) >= 11 is 0. The summed E-state index contributed by atoms with van der Waals surface area (Å²) in [5.74, 6) is -0.485. The van der Waals surface area contributed by atoms with Crippen LogP contribution in [0.5, 0.6) is 0 Å². The van der Waals surface area contributed by atoms with E-state index in [1.807, 2.05) is 30.3 Å². The molecule has 0 fully saturated rings. The Morgan fingerprint density at radius 3 is 2.42 bits per heavy atom. The Hall–Kier alpha value is -2.82. The van der Waals surface area contributed by atoms with Gasteiger partial charge in [-0.3, -0.25) is 4.79 Å². The molecule has 2 N–H and O–H groups in total. The van der Waals surface area contributed by atoms with E-state index in [-0.39, 0.29) is 5.91 Å². The third-order valence-electron chi connectivity index (χ3n) is 3.65. The van der Waals surface area contributed by atoms with Crippen molar-refractivity contribution in [1.29, 1.82) is 0 Å². The van der Waals surface area contributed by atoms with E-state index in [1.165, 1.54) is 12.7 Å². The maximum Gasteiger partial charge on any atom is 0.339 e. The number of hydrogen-bond acceptors (Lipinski definition) is 4. The highest BCUT2D eigenvalue weighted by atomic mass is 16.5. The fourth-order valence-electron chi connectivity index (χ4n) is 2.28. The number of carbonyl (C=O) groups is 2. The molecule has 0 radical (unpaired) electrons. The number of benzene rings is 2. The minimum absolute atomic E-state index is 0.0812. The van der Waals surface area contributed by atoms with E-state index in [1.54, 1.807) is 18.2 Å². The molecule has 0 aliphatic carbocycles. The second-order valence-electron chi connectivity index (χ2n) is 5.31. The summed E-state index contributed by atoms with van der Waals surface area (Å²) in [6.45, 7) is 2.51. The van der Waals surface area contributed by atoms with Gasteiger partial charge in [0.25, 0.3) is 0 Å². The fraction of sp³-hybridized carbons (Fsp3) is 0.263. The van der Waals surface area contributed by atoms with Gasteiger partial charge in [0.15, 0.2) is 0 Å². The lowest BCUT2D eigenvalue weighted by molar-refractivity contribution is -0.115. The largest absolute Gasteiger partial charge is 0.465 e. The maximum atomic E-state index is 12.0. The molecule has 0 saturated heterocycles. The van der Waals surface area contributed by atoms with Crippen LogP contribution in [0.1, 0.15) is 29.3 Å². The summed E-state index contributed by atoms with van der Waals surface area (Å²) in [4.78, 5) is 23.7. The van der Waals surface area contributed by atoms with E-state index in [2.05, 4.69) is 17.6 Å². The van der Waals surface area contributed by atoms with Gasteiger partial charge >= 0.3 is 5.97 Å². The van der Waals surface area contributed by atoms with Gasteiger partial charge in [-0.2, -0.15) is 0 Å². The van der Waals surface area contributed by atoms with Crippen molar-refractivity contribution in [2.24, 2.45) is 0 Å². The number of ether oxygens (including phenoxy) is 1. The summed E-state index contributed by atoms with van der Waals surface area (Å²) in [5, 5.41) is 5.96. The first-order valence-electron chi connectivity index (χ1n) is 7.94. The highest BCUT2D eigenvalue weighted by Crippen LogP contribution is 2.16. The van der Waals surface area contributed by atoms with Crippen molar-refractivity contribution in [2.75, 3.05) is 24.3 Å². The van der Waals surface area contributed by atoms with Crippen molar-refractivity contribution < 1.29 is 14.3 Å². The average molecular weight is 326 g/mol. The fourth-order valence-corrected chi connectivity index (χ4v) is 2.28. The van der Waals surface area contributed by atoms with Crippen LogP contribution in [0, 0.1) is 0 Å². The molecule has 0 bridgehead atoms. The minimum atomic E-state index is -0.404. The van der Waals surface area contributed by atoms with Crippen LogP contribution in [0.15, 0.2) is 48.5 Å². The van der Waals surface area contributed by atoms with Crippen LogP contribution in [-0.4, -0.2) is 25.5 Å². The van der Waals surface area contributed by atoms with Gasteiger partial charge in [-0.15, -0.1) is 0 Å². The second kappa shape index (κ2) is 8.72. The van der Waals surface area contributed by atoms with Crippen LogP contribution < -0.4 is 10.6 Å². The molecule has 0 saturated carbocycles. The molecule has 0 unspecified atom stereocenters. The summed E-state index contributed by atoms with van der Waals surface area (Å²) in [6, 6.07) is 14.9.